The quantitative estimate of drug-likeness (QED) is 0.188. The Hall–Kier alpha value is -3.64. The Balaban J connectivity index is 0.00000451. The van der Waals surface area contributed by atoms with E-state index in [0.29, 0.717) is 26.4 Å². The molecule has 3 aliphatic rings. The number of anilines is 1. The van der Waals surface area contributed by atoms with Crippen LogP contribution in [-0.4, -0.2) is 49.4 Å². The summed E-state index contributed by atoms with van der Waals surface area (Å²) in [5, 5.41) is 2.30. The monoisotopic (exact) mass is 672 g/mol. The lowest BCUT2D eigenvalue weighted by Crippen LogP contribution is -3.00. The summed E-state index contributed by atoms with van der Waals surface area (Å²) in [5.41, 5.74) is 1.83. The minimum atomic E-state index is -0.247. The zero-order valence-corrected chi connectivity index (χ0v) is 29.7. The number of para-hydroxylation sites is 1. The van der Waals surface area contributed by atoms with Gasteiger partial charge in [-0.3, -0.25) is 0 Å². The third-order valence-electron chi connectivity index (χ3n) is 9.32. The van der Waals surface area contributed by atoms with Crippen LogP contribution in [0.4, 0.5) is 11.4 Å². The van der Waals surface area contributed by atoms with Gasteiger partial charge in [0.15, 0.2) is 22.9 Å². The summed E-state index contributed by atoms with van der Waals surface area (Å²) in [7, 11) is 0. The van der Waals surface area contributed by atoms with Gasteiger partial charge in [0.1, 0.15) is 17.8 Å². The van der Waals surface area contributed by atoms with E-state index >= 15 is 0 Å². The molecule has 3 aromatic carbocycles. The minimum Gasteiger partial charge on any atom is -1.00 e. The predicted molar refractivity (Wildman–Crippen MR) is 193 cm³/mol. The second-order valence-corrected chi connectivity index (χ2v) is 13.6. The van der Waals surface area contributed by atoms with E-state index < -0.39 is 0 Å². The molecular weight excluding hydrogens is 620 g/mol. The molecule has 0 aliphatic carbocycles. The standard InChI is InChI=1S/C41H53N2O4.ClH/c1-41(2)31-42-32-43(41)39-35-30-34-24-22-33(35)23-25-38(39)47-29-18-14-10-6-5-9-13-17-28-46-37-21-19-20-36(40(37)42)45-27-16-12-8-4-3-7-11-15-26-44-34;/h3-6,19-25,30,32H,7-18,26-29,31H2,1-2H3;1H/q+1;/p-1/b4-3+,6-5+;. The first-order valence-corrected chi connectivity index (χ1v) is 18.0. The highest BCUT2D eigenvalue weighted by molar-refractivity contribution is 6.03. The molecule has 7 heteroatoms. The van der Waals surface area contributed by atoms with Gasteiger partial charge in [-0.05, 0) is 127 Å². The third kappa shape index (κ3) is 9.07. The second kappa shape index (κ2) is 17.7. The Morgan fingerprint density at radius 3 is 1.71 bits per heavy atom. The molecule has 6 rings (SSSR count). The Bertz CT molecular complexity index is 1570. The zero-order chi connectivity index (χ0) is 32.3. The summed E-state index contributed by atoms with van der Waals surface area (Å²) in [6.45, 7) is 8.14. The molecule has 0 aromatic heterocycles. The maximum Gasteiger partial charge on any atom is 0.245 e. The Morgan fingerprint density at radius 1 is 0.604 bits per heavy atom. The SMILES string of the molecule is CC1(C)C[N+]2=CN1c1c3ccc4ccc(cc14)OCCCC/C=C/CCCCOc1cccc(c12)OCCCC/C=C/CCCCO3.[Cl-]. The molecule has 0 unspecified atom stereocenters. The third-order valence-corrected chi connectivity index (χ3v) is 9.32. The molecule has 3 aromatic rings. The number of halogens is 1. The summed E-state index contributed by atoms with van der Waals surface area (Å²) in [6.07, 6.45) is 24.4. The van der Waals surface area contributed by atoms with E-state index in [1.807, 2.05) is 0 Å². The van der Waals surface area contributed by atoms with Crippen LogP contribution in [0.5, 0.6) is 23.0 Å². The Morgan fingerprint density at radius 2 is 1.12 bits per heavy atom. The highest BCUT2D eigenvalue weighted by Crippen LogP contribution is 2.45. The van der Waals surface area contributed by atoms with Crippen LogP contribution in [0.15, 0.2) is 72.8 Å². The average molecular weight is 673 g/mol. The first-order chi connectivity index (χ1) is 23.1. The molecule has 0 spiro atoms. The maximum atomic E-state index is 6.63. The van der Waals surface area contributed by atoms with Crippen molar-refractivity contribution in [2.24, 2.45) is 0 Å². The minimum absolute atomic E-state index is 0. The van der Waals surface area contributed by atoms with E-state index in [2.05, 4.69) is 102 Å². The average Bonchev–Trinajstić information content (AvgIpc) is 3.38. The number of nitrogens with zero attached hydrogens (tertiary/aromatic N) is 2. The van der Waals surface area contributed by atoms with E-state index in [1.165, 1.54) is 5.39 Å². The van der Waals surface area contributed by atoms with Crippen molar-refractivity contribution in [1.29, 1.82) is 0 Å². The van der Waals surface area contributed by atoms with Gasteiger partial charge in [-0.25, -0.2) is 9.48 Å². The van der Waals surface area contributed by atoms with Crippen LogP contribution < -0.4 is 36.3 Å². The van der Waals surface area contributed by atoms with Crippen molar-refractivity contribution in [3.63, 3.8) is 0 Å². The lowest BCUT2D eigenvalue weighted by molar-refractivity contribution is -0.434. The second-order valence-electron chi connectivity index (χ2n) is 13.6. The topological polar surface area (TPSA) is 43.2 Å². The fourth-order valence-corrected chi connectivity index (χ4v) is 6.73. The van der Waals surface area contributed by atoms with Crippen LogP contribution in [0.3, 0.4) is 0 Å². The number of allylic oxidation sites excluding steroid dienone is 4. The largest absolute Gasteiger partial charge is 1.00 e. The summed E-state index contributed by atoms with van der Waals surface area (Å²) in [4.78, 5) is 2.40. The normalized spacial score (nSPS) is 20.8. The van der Waals surface area contributed by atoms with E-state index in [4.69, 9.17) is 18.9 Å². The van der Waals surface area contributed by atoms with Crippen molar-refractivity contribution in [1.82, 2.24) is 0 Å². The molecule has 0 saturated heterocycles. The summed E-state index contributed by atoms with van der Waals surface area (Å²) in [6, 6.07) is 17.1. The Kier molecular flexibility index (Phi) is 13.1. The van der Waals surface area contributed by atoms with Crippen LogP contribution in [0.2, 0.25) is 0 Å². The van der Waals surface area contributed by atoms with Gasteiger partial charge in [-0.1, -0.05) is 42.5 Å². The van der Waals surface area contributed by atoms with Gasteiger partial charge in [-0.15, -0.1) is 0 Å². The number of hydrogen-bond acceptors (Lipinski definition) is 5. The molecule has 0 amide bonds. The van der Waals surface area contributed by atoms with Gasteiger partial charge in [0.25, 0.3) is 0 Å². The molecule has 0 N–H and O–H groups in total. The van der Waals surface area contributed by atoms with Gasteiger partial charge < -0.3 is 31.4 Å². The van der Waals surface area contributed by atoms with Crippen LogP contribution in [0.1, 0.15) is 90.9 Å². The molecule has 258 valence electrons. The van der Waals surface area contributed by atoms with E-state index in [-0.39, 0.29) is 17.9 Å². The van der Waals surface area contributed by atoms with Crippen LogP contribution in [0.25, 0.3) is 10.8 Å². The number of benzene rings is 3. The van der Waals surface area contributed by atoms with E-state index in [1.54, 1.807) is 0 Å². The fraction of sp³-hybridized carbons (Fsp3) is 0.488. The Labute approximate surface area is 293 Å². The van der Waals surface area contributed by atoms with E-state index in [0.717, 1.165) is 123 Å². The molecule has 6 nitrogen and oxygen atoms in total. The van der Waals surface area contributed by atoms with Gasteiger partial charge in [-0.2, -0.15) is 0 Å². The lowest BCUT2D eigenvalue weighted by Gasteiger charge is -2.26. The van der Waals surface area contributed by atoms with Gasteiger partial charge in [0.2, 0.25) is 12.0 Å². The van der Waals surface area contributed by atoms with Crippen LogP contribution in [-0.2, 0) is 0 Å². The molecule has 3 heterocycles. The smallest absolute Gasteiger partial charge is 0.245 e. The van der Waals surface area contributed by atoms with Crippen LogP contribution in [0, 0.1) is 0 Å². The number of hydrogen-bond donors (Lipinski definition) is 0. The van der Waals surface area contributed by atoms with Gasteiger partial charge in [0, 0.05) is 5.39 Å². The summed E-state index contributed by atoms with van der Waals surface area (Å²) >= 11 is 0. The summed E-state index contributed by atoms with van der Waals surface area (Å²) < 4.78 is 28.4. The molecule has 0 radical (unpaired) electrons. The highest BCUT2D eigenvalue weighted by Gasteiger charge is 2.45. The lowest BCUT2D eigenvalue weighted by atomic mass is 10.00. The molecule has 48 heavy (non-hydrogen) atoms. The maximum absolute atomic E-state index is 6.63. The van der Waals surface area contributed by atoms with Crippen molar-refractivity contribution in [2.75, 3.05) is 37.9 Å². The van der Waals surface area contributed by atoms with Crippen molar-refractivity contribution < 1.29 is 35.9 Å². The van der Waals surface area contributed by atoms with Crippen LogP contribution >= 0.6 is 0 Å². The molecule has 6 bridgehead atoms. The number of fused-ring (bicyclic) bond motifs is 1. The first kappa shape index (κ1) is 35.7. The van der Waals surface area contributed by atoms with Gasteiger partial charge >= 0.3 is 0 Å². The number of rotatable bonds is 0. The van der Waals surface area contributed by atoms with E-state index in [9.17, 15) is 0 Å². The molecule has 0 atom stereocenters. The first-order valence-electron chi connectivity index (χ1n) is 18.0. The predicted octanol–water partition coefficient (Wildman–Crippen LogP) is 7.15. The van der Waals surface area contributed by atoms with Crippen molar-refractivity contribution in [3.05, 3.63) is 72.8 Å². The number of ether oxygens (including phenoxy) is 4. The van der Waals surface area contributed by atoms with Crippen molar-refractivity contribution >= 4 is 28.5 Å². The highest BCUT2D eigenvalue weighted by atomic mass is 35.5. The molecule has 0 saturated carbocycles. The molecule has 0 fully saturated rings. The van der Waals surface area contributed by atoms with Crippen molar-refractivity contribution in [3.8, 4) is 23.0 Å². The van der Waals surface area contributed by atoms with Gasteiger partial charge in [0.05, 0.1) is 26.4 Å². The van der Waals surface area contributed by atoms with Crippen molar-refractivity contribution in [2.45, 2.75) is 96.4 Å². The molecular formula is C41H53ClN2O4. The fourth-order valence-electron chi connectivity index (χ4n) is 6.73. The molecule has 3 aliphatic heterocycles. The summed E-state index contributed by atoms with van der Waals surface area (Å²) in [5.74, 6) is 3.55. The zero-order valence-electron chi connectivity index (χ0n) is 28.9.